The summed E-state index contributed by atoms with van der Waals surface area (Å²) in [5, 5.41) is 10.5. The molecule has 130 valence electrons. The lowest BCUT2D eigenvalue weighted by molar-refractivity contribution is 0.0883. The number of nitrogens with zero attached hydrogens (tertiary/aromatic N) is 2. The summed E-state index contributed by atoms with van der Waals surface area (Å²) < 4.78 is 5.98. The Morgan fingerprint density at radius 1 is 1.30 bits per heavy atom. The van der Waals surface area contributed by atoms with Crippen LogP contribution < -0.4 is 9.80 Å². The van der Waals surface area contributed by atoms with Crippen LogP contribution in [0.3, 0.4) is 0 Å². The molecule has 1 N–H and O–H groups in total. The fourth-order valence-electron chi connectivity index (χ4n) is 3.52. The van der Waals surface area contributed by atoms with Gasteiger partial charge in [-0.2, -0.15) is 0 Å². The Morgan fingerprint density at radius 2 is 2.04 bits per heavy atom. The van der Waals surface area contributed by atoms with Crippen molar-refractivity contribution < 1.29 is 9.94 Å². The van der Waals surface area contributed by atoms with Gasteiger partial charge in [-0.3, -0.25) is 15.2 Å². The van der Waals surface area contributed by atoms with Gasteiger partial charge in [-0.15, -0.1) is 0 Å². The lowest BCUT2D eigenvalue weighted by Crippen LogP contribution is -2.43. The Labute approximate surface area is 141 Å². The molecule has 1 fully saturated rings. The number of hydrogen-bond acceptors (Lipinski definition) is 4. The lowest BCUT2D eigenvalue weighted by atomic mass is 9.95. The van der Waals surface area contributed by atoms with Crippen LogP contribution in [0.25, 0.3) is 0 Å². The second kappa shape index (κ2) is 9.14. The van der Waals surface area contributed by atoms with E-state index >= 15 is 0 Å². The molecular weight excluding hydrogens is 288 g/mol. The van der Waals surface area contributed by atoms with Crippen molar-refractivity contribution in [2.45, 2.75) is 52.0 Å². The molecular formula is C19H32N2O2. The fourth-order valence-corrected chi connectivity index (χ4v) is 3.52. The Hall–Kier alpha value is -1.26. The Kier molecular flexibility index (Phi) is 7.18. The highest BCUT2D eigenvalue weighted by molar-refractivity contribution is 5.45. The Balaban J connectivity index is 1.83. The minimum atomic E-state index is 0.620. The molecule has 2 rings (SSSR count). The lowest BCUT2D eigenvalue weighted by Gasteiger charge is -2.38. The van der Waals surface area contributed by atoms with Crippen LogP contribution in [0.5, 0.6) is 5.75 Å². The van der Waals surface area contributed by atoms with E-state index in [9.17, 15) is 5.21 Å². The zero-order valence-corrected chi connectivity index (χ0v) is 14.9. The highest BCUT2D eigenvalue weighted by Gasteiger charge is 2.24. The summed E-state index contributed by atoms with van der Waals surface area (Å²) in [6.45, 7) is 7.77. The molecule has 0 bridgehead atoms. The minimum Gasteiger partial charge on any atom is -0.493 e. The van der Waals surface area contributed by atoms with E-state index in [-0.39, 0.29) is 0 Å². The van der Waals surface area contributed by atoms with Gasteiger partial charge in [0.15, 0.2) is 0 Å². The van der Waals surface area contributed by atoms with Crippen molar-refractivity contribution in [1.29, 1.82) is 0 Å². The molecule has 2 atom stereocenters. The average Bonchev–Trinajstić information content (AvgIpc) is 2.58. The predicted molar refractivity (Wildman–Crippen MR) is 95.4 cm³/mol. The van der Waals surface area contributed by atoms with Crippen molar-refractivity contribution in [2.75, 3.05) is 31.8 Å². The molecule has 1 aliphatic heterocycles. The van der Waals surface area contributed by atoms with E-state index in [0.717, 1.165) is 35.7 Å². The number of benzene rings is 1. The van der Waals surface area contributed by atoms with Crippen LogP contribution in [0.2, 0.25) is 0 Å². The third-order valence-corrected chi connectivity index (χ3v) is 4.86. The van der Waals surface area contributed by atoms with Crippen molar-refractivity contribution in [3.63, 3.8) is 0 Å². The monoisotopic (exact) mass is 320 g/mol. The molecule has 1 heterocycles. The van der Waals surface area contributed by atoms with E-state index in [1.165, 1.54) is 38.6 Å². The summed E-state index contributed by atoms with van der Waals surface area (Å²) in [4.78, 5) is 2.67. The maximum Gasteiger partial charge on any atom is 0.119 e. The maximum absolute atomic E-state index is 9.38. The van der Waals surface area contributed by atoms with Crippen LogP contribution in [0.1, 0.15) is 46.0 Å². The van der Waals surface area contributed by atoms with Gasteiger partial charge in [0.25, 0.3) is 0 Å². The van der Waals surface area contributed by atoms with Crippen LogP contribution in [-0.2, 0) is 0 Å². The van der Waals surface area contributed by atoms with Crippen molar-refractivity contribution in [3.05, 3.63) is 24.3 Å². The average molecular weight is 320 g/mol. The van der Waals surface area contributed by atoms with Gasteiger partial charge in [0.05, 0.1) is 12.3 Å². The highest BCUT2D eigenvalue weighted by Crippen LogP contribution is 2.24. The van der Waals surface area contributed by atoms with E-state index in [1.54, 1.807) is 7.05 Å². The van der Waals surface area contributed by atoms with Crippen LogP contribution in [0, 0.1) is 5.92 Å². The number of anilines is 1. The smallest absolute Gasteiger partial charge is 0.119 e. The molecule has 0 aromatic heterocycles. The van der Waals surface area contributed by atoms with Gasteiger partial charge in [-0.05, 0) is 56.5 Å². The number of ether oxygens (including phenoxy) is 1. The van der Waals surface area contributed by atoms with E-state index in [0.29, 0.717) is 5.92 Å². The second-order valence-electron chi connectivity index (χ2n) is 6.68. The summed E-state index contributed by atoms with van der Waals surface area (Å²) >= 11 is 0. The van der Waals surface area contributed by atoms with Crippen molar-refractivity contribution in [1.82, 2.24) is 4.90 Å². The Morgan fingerprint density at radius 3 is 2.65 bits per heavy atom. The van der Waals surface area contributed by atoms with E-state index in [2.05, 4.69) is 18.7 Å². The summed E-state index contributed by atoms with van der Waals surface area (Å²) in [6, 6.07) is 8.33. The van der Waals surface area contributed by atoms with Gasteiger partial charge in [-0.25, -0.2) is 0 Å². The summed E-state index contributed by atoms with van der Waals surface area (Å²) in [5.74, 6) is 1.50. The molecule has 23 heavy (non-hydrogen) atoms. The van der Waals surface area contributed by atoms with Crippen LogP contribution in [0.15, 0.2) is 24.3 Å². The molecule has 0 aliphatic carbocycles. The molecule has 4 heteroatoms. The molecule has 0 amide bonds. The standard InChI is InChI=1S/C19H32N2O2/c1-4-7-17(5-2)21-13-6-8-16(14-21)15-23-19-11-9-18(10-12-19)20(3)22/h9-12,16-17,22H,4-8,13-15H2,1-3H3. The van der Waals surface area contributed by atoms with E-state index in [4.69, 9.17) is 4.74 Å². The molecule has 0 spiro atoms. The Bertz CT molecular complexity index is 447. The van der Waals surface area contributed by atoms with Gasteiger partial charge in [-0.1, -0.05) is 20.3 Å². The third kappa shape index (κ3) is 5.40. The first kappa shape index (κ1) is 18.1. The van der Waals surface area contributed by atoms with Gasteiger partial charge in [0.1, 0.15) is 5.75 Å². The maximum atomic E-state index is 9.38. The second-order valence-corrected chi connectivity index (χ2v) is 6.68. The van der Waals surface area contributed by atoms with Gasteiger partial charge >= 0.3 is 0 Å². The SMILES string of the molecule is CCCC(CC)N1CCCC(COc2ccc(N(C)O)cc2)C1. The molecule has 1 saturated heterocycles. The van der Waals surface area contributed by atoms with Crippen LogP contribution in [0.4, 0.5) is 5.69 Å². The molecule has 1 aliphatic rings. The molecule has 0 saturated carbocycles. The van der Waals surface area contributed by atoms with Crippen molar-refractivity contribution in [2.24, 2.45) is 5.92 Å². The molecule has 1 aromatic rings. The zero-order chi connectivity index (χ0) is 16.7. The molecule has 4 nitrogen and oxygen atoms in total. The van der Waals surface area contributed by atoms with Gasteiger partial charge in [0.2, 0.25) is 0 Å². The number of hydrogen-bond donors (Lipinski definition) is 1. The molecule has 0 radical (unpaired) electrons. The summed E-state index contributed by atoms with van der Waals surface area (Å²) in [5.41, 5.74) is 0.770. The largest absolute Gasteiger partial charge is 0.493 e. The van der Waals surface area contributed by atoms with Crippen LogP contribution >= 0.6 is 0 Å². The number of hydroxylamine groups is 1. The highest BCUT2D eigenvalue weighted by atomic mass is 16.5. The summed E-state index contributed by atoms with van der Waals surface area (Å²) in [6.07, 6.45) is 6.36. The topological polar surface area (TPSA) is 35.9 Å². The fraction of sp³-hybridized carbons (Fsp3) is 0.684. The number of rotatable bonds is 8. The number of likely N-dealkylation sites (tertiary alicyclic amines) is 1. The summed E-state index contributed by atoms with van der Waals surface area (Å²) in [7, 11) is 1.62. The van der Waals surface area contributed by atoms with Gasteiger partial charge in [0, 0.05) is 25.6 Å². The predicted octanol–water partition coefficient (Wildman–Crippen LogP) is 4.18. The zero-order valence-electron chi connectivity index (χ0n) is 14.9. The van der Waals surface area contributed by atoms with Crippen molar-refractivity contribution >= 4 is 5.69 Å². The van der Waals surface area contributed by atoms with Gasteiger partial charge < -0.3 is 4.74 Å². The normalized spacial score (nSPS) is 20.3. The van der Waals surface area contributed by atoms with E-state index in [1.807, 2.05) is 24.3 Å². The minimum absolute atomic E-state index is 0.620. The number of piperidine rings is 1. The molecule has 1 aromatic carbocycles. The quantitative estimate of drug-likeness (QED) is 0.729. The first-order valence-corrected chi connectivity index (χ1v) is 9.03. The third-order valence-electron chi connectivity index (χ3n) is 4.86. The molecule has 2 unspecified atom stereocenters. The van der Waals surface area contributed by atoms with E-state index < -0.39 is 0 Å². The first-order valence-electron chi connectivity index (χ1n) is 9.03. The van der Waals surface area contributed by atoms with Crippen molar-refractivity contribution in [3.8, 4) is 5.75 Å². The first-order chi connectivity index (χ1) is 11.1. The van der Waals surface area contributed by atoms with Crippen LogP contribution in [-0.4, -0.2) is 42.9 Å².